The van der Waals surface area contributed by atoms with Crippen molar-refractivity contribution >= 4 is 11.9 Å². The number of rotatable bonds is 8. The van der Waals surface area contributed by atoms with E-state index in [2.05, 4.69) is 4.74 Å². The molecule has 0 fully saturated rings. The molecule has 1 aromatic carbocycles. The van der Waals surface area contributed by atoms with E-state index in [4.69, 9.17) is 5.11 Å². The number of ether oxygens (including phenoxy) is 1. The van der Waals surface area contributed by atoms with E-state index in [1.165, 1.54) is 23.1 Å². The molecule has 23 heavy (non-hydrogen) atoms. The van der Waals surface area contributed by atoms with E-state index in [9.17, 15) is 22.8 Å². The van der Waals surface area contributed by atoms with E-state index in [0.29, 0.717) is 12.1 Å². The first-order valence-electron chi connectivity index (χ1n) is 6.99. The van der Waals surface area contributed by atoms with Crippen LogP contribution in [-0.2, 0) is 16.0 Å². The normalized spacial score (nSPS) is 11.1. The number of carbonyl (C=O) groups excluding carboxylic acids is 1. The lowest BCUT2D eigenvalue weighted by molar-refractivity contribution is -0.153. The Bertz CT molecular complexity index is 546. The van der Waals surface area contributed by atoms with E-state index in [-0.39, 0.29) is 31.0 Å². The minimum Gasteiger partial charge on any atom is -0.484 e. The third-order valence-electron chi connectivity index (χ3n) is 2.99. The summed E-state index contributed by atoms with van der Waals surface area (Å²) in [7, 11) is 0. The predicted octanol–water partition coefficient (Wildman–Crippen LogP) is 2.49. The standard InChI is InChI=1S/C15H18F3NO4/c1-2-19(7-6-14(21)22)13(20)9-11-4-3-5-12(8-11)23-10-15(16,17)18/h3-5,8H,2,6-7,9-10H2,1H3,(H,21,22). The van der Waals surface area contributed by atoms with Crippen molar-refractivity contribution in [3.63, 3.8) is 0 Å². The number of nitrogens with zero attached hydrogens (tertiary/aromatic N) is 1. The van der Waals surface area contributed by atoms with Crippen molar-refractivity contribution in [2.45, 2.75) is 25.9 Å². The fraction of sp³-hybridized carbons (Fsp3) is 0.467. The lowest BCUT2D eigenvalue weighted by Gasteiger charge is -2.20. The molecule has 0 bridgehead atoms. The number of likely N-dealkylation sites (N-methyl/N-ethyl adjacent to an activating group) is 1. The van der Waals surface area contributed by atoms with Crippen LogP contribution in [0, 0.1) is 0 Å². The first-order chi connectivity index (χ1) is 10.7. The summed E-state index contributed by atoms with van der Waals surface area (Å²) in [4.78, 5) is 24.0. The molecule has 0 aliphatic carbocycles. The Kier molecular flexibility index (Phi) is 6.87. The summed E-state index contributed by atoms with van der Waals surface area (Å²) in [6.07, 6.45) is -4.62. The van der Waals surface area contributed by atoms with Gasteiger partial charge in [-0.2, -0.15) is 13.2 Å². The molecule has 1 amide bonds. The lowest BCUT2D eigenvalue weighted by atomic mass is 10.1. The Morgan fingerprint density at radius 1 is 1.30 bits per heavy atom. The maximum atomic E-state index is 12.1. The van der Waals surface area contributed by atoms with E-state index >= 15 is 0 Å². The summed E-state index contributed by atoms with van der Waals surface area (Å²) >= 11 is 0. The molecule has 0 radical (unpaired) electrons. The molecular weight excluding hydrogens is 315 g/mol. The molecule has 1 rings (SSSR count). The molecule has 0 saturated carbocycles. The summed E-state index contributed by atoms with van der Waals surface area (Å²) in [5.74, 6) is -1.26. The molecular formula is C15H18F3NO4. The first-order valence-corrected chi connectivity index (χ1v) is 6.99. The molecule has 1 aromatic rings. The quantitative estimate of drug-likeness (QED) is 0.794. The maximum Gasteiger partial charge on any atom is 0.422 e. The summed E-state index contributed by atoms with van der Waals surface area (Å²) < 4.78 is 41.0. The fourth-order valence-corrected chi connectivity index (χ4v) is 1.89. The smallest absolute Gasteiger partial charge is 0.422 e. The number of amides is 1. The van der Waals surface area contributed by atoms with Crippen LogP contribution in [0.2, 0.25) is 0 Å². The number of aliphatic carboxylic acids is 1. The lowest BCUT2D eigenvalue weighted by Crippen LogP contribution is -2.34. The number of halogens is 3. The van der Waals surface area contributed by atoms with Gasteiger partial charge >= 0.3 is 12.1 Å². The predicted molar refractivity (Wildman–Crippen MR) is 76.2 cm³/mol. The number of carboxylic acid groups (broad SMARTS) is 1. The molecule has 0 atom stereocenters. The van der Waals surface area contributed by atoms with Gasteiger partial charge in [0.2, 0.25) is 5.91 Å². The molecule has 128 valence electrons. The molecule has 0 unspecified atom stereocenters. The molecule has 0 aliphatic heterocycles. The summed E-state index contributed by atoms with van der Waals surface area (Å²) in [6.45, 7) is 0.776. The molecule has 0 heterocycles. The monoisotopic (exact) mass is 333 g/mol. The average molecular weight is 333 g/mol. The van der Waals surface area contributed by atoms with Gasteiger partial charge in [0.05, 0.1) is 12.8 Å². The number of carboxylic acids is 1. The number of hydrogen-bond acceptors (Lipinski definition) is 3. The summed E-state index contributed by atoms with van der Waals surface area (Å²) in [5.41, 5.74) is 0.503. The van der Waals surface area contributed by atoms with Gasteiger partial charge < -0.3 is 14.7 Å². The van der Waals surface area contributed by atoms with Crippen molar-refractivity contribution < 1.29 is 32.6 Å². The first kappa shape index (κ1) is 18.8. The zero-order valence-corrected chi connectivity index (χ0v) is 12.6. The van der Waals surface area contributed by atoms with E-state index in [1.807, 2.05) is 0 Å². The van der Waals surface area contributed by atoms with E-state index in [0.717, 1.165) is 0 Å². The van der Waals surface area contributed by atoms with Gasteiger partial charge in [0.15, 0.2) is 6.61 Å². The minimum atomic E-state index is -4.43. The SMILES string of the molecule is CCN(CCC(=O)O)C(=O)Cc1cccc(OCC(F)(F)F)c1. The molecule has 8 heteroatoms. The molecule has 0 saturated heterocycles. The van der Waals surface area contributed by atoms with Gasteiger partial charge in [0, 0.05) is 13.1 Å². The average Bonchev–Trinajstić information content (AvgIpc) is 2.45. The highest BCUT2D eigenvalue weighted by molar-refractivity contribution is 5.79. The highest BCUT2D eigenvalue weighted by Gasteiger charge is 2.28. The number of benzene rings is 1. The zero-order chi connectivity index (χ0) is 17.5. The van der Waals surface area contributed by atoms with Gasteiger partial charge in [-0.15, -0.1) is 0 Å². The van der Waals surface area contributed by atoms with Gasteiger partial charge in [-0.1, -0.05) is 12.1 Å². The van der Waals surface area contributed by atoms with Gasteiger partial charge in [0.1, 0.15) is 5.75 Å². The molecule has 0 spiro atoms. The Morgan fingerprint density at radius 3 is 2.57 bits per heavy atom. The maximum absolute atomic E-state index is 12.1. The number of alkyl halides is 3. The van der Waals surface area contributed by atoms with Gasteiger partial charge in [-0.05, 0) is 24.6 Å². The largest absolute Gasteiger partial charge is 0.484 e. The van der Waals surface area contributed by atoms with Crippen LogP contribution in [0.15, 0.2) is 24.3 Å². The number of hydrogen-bond donors (Lipinski definition) is 1. The zero-order valence-electron chi connectivity index (χ0n) is 12.6. The van der Waals surface area contributed by atoms with Gasteiger partial charge in [0.25, 0.3) is 0 Å². The fourth-order valence-electron chi connectivity index (χ4n) is 1.89. The van der Waals surface area contributed by atoms with Crippen LogP contribution in [0.4, 0.5) is 13.2 Å². The van der Waals surface area contributed by atoms with Gasteiger partial charge in [-0.25, -0.2) is 0 Å². The van der Waals surface area contributed by atoms with Crippen LogP contribution in [0.25, 0.3) is 0 Å². The van der Waals surface area contributed by atoms with Crippen molar-refractivity contribution in [3.8, 4) is 5.75 Å². The Morgan fingerprint density at radius 2 is 2.00 bits per heavy atom. The molecule has 1 N–H and O–H groups in total. The van der Waals surface area contributed by atoms with Crippen molar-refractivity contribution in [3.05, 3.63) is 29.8 Å². The second-order valence-electron chi connectivity index (χ2n) is 4.85. The topological polar surface area (TPSA) is 66.8 Å². The Balaban J connectivity index is 2.65. The highest BCUT2D eigenvalue weighted by Crippen LogP contribution is 2.19. The van der Waals surface area contributed by atoms with Crippen LogP contribution in [0.1, 0.15) is 18.9 Å². The molecule has 5 nitrogen and oxygen atoms in total. The van der Waals surface area contributed by atoms with Crippen LogP contribution in [0.3, 0.4) is 0 Å². The third kappa shape index (κ3) is 7.53. The third-order valence-corrected chi connectivity index (χ3v) is 2.99. The second-order valence-corrected chi connectivity index (χ2v) is 4.85. The van der Waals surface area contributed by atoms with E-state index in [1.54, 1.807) is 13.0 Å². The van der Waals surface area contributed by atoms with Crippen LogP contribution < -0.4 is 4.74 Å². The Labute approximate surface area is 131 Å². The summed E-state index contributed by atoms with van der Waals surface area (Å²) in [6, 6.07) is 5.85. The highest BCUT2D eigenvalue weighted by atomic mass is 19.4. The minimum absolute atomic E-state index is 0.0289. The van der Waals surface area contributed by atoms with Gasteiger partial charge in [-0.3, -0.25) is 9.59 Å². The van der Waals surface area contributed by atoms with Crippen LogP contribution >= 0.6 is 0 Å². The van der Waals surface area contributed by atoms with Crippen molar-refractivity contribution in [2.24, 2.45) is 0 Å². The molecule has 0 aromatic heterocycles. The van der Waals surface area contributed by atoms with Crippen molar-refractivity contribution in [1.29, 1.82) is 0 Å². The Hall–Kier alpha value is -2.25. The van der Waals surface area contributed by atoms with Crippen LogP contribution in [0.5, 0.6) is 5.75 Å². The second kappa shape index (κ2) is 8.40. The van der Waals surface area contributed by atoms with Crippen LogP contribution in [-0.4, -0.2) is 47.8 Å². The van der Waals surface area contributed by atoms with Crippen molar-refractivity contribution in [2.75, 3.05) is 19.7 Å². The van der Waals surface area contributed by atoms with Crippen molar-refractivity contribution in [1.82, 2.24) is 4.90 Å². The summed E-state index contributed by atoms with van der Waals surface area (Å²) in [5, 5.41) is 8.64. The van der Waals surface area contributed by atoms with E-state index < -0.39 is 18.8 Å². The number of carbonyl (C=O) groups is 2. The molecule has 0 aliphatic rings.